The maximum Gasteiger partial charge on any atom is 0.335 e. The third-order valence-corrected chi connectivity index (χ3v) is 2.77. The maximum atomic E-state index is 10.7. The number of hydrogen-bond donors (Lipinski definition) is 2. The molecular weight excluding hydrogens is 228 g/mol. The molecule has 4 nitrogen and oxygen atoms in total. The molecule has 2 rings (SSSR count). The Hall–Kier alpha value is -2.07. The minimum atomic E-state index is -0.887. The molecule has 0 radical (unpaired) electrons. The van der Waals surface area contributed by atoms with Gasteiger partial charge >= 0.3 is 5.97 Å². The van der Waals surface area contributed by atoms with Gasteiger partial charge in [-0.1, -0.05) is 12.1 Å². The summed E-state index contributed by atoms with van der Waals surface area (Å²) in [5.41, 5.74) is 2.67. The van der Waals surface area contributed by atoms with Gasteiger partial charge in [-0.25, -0.2) is 4.79 Å². The number of aromatic nitrogens is 1. The van der Waals surface area contributed by atoms with Crippen molar-refractivity contribution in [1.82, 2.24) is 9.88 Å². The summed E-state index contributed by atoms with van der Waals surface area (Å²) in [6.07, 6.45) is 3.88. The Morgan fingerprint density at radius 2 is 1.83 bits per heavy atom. The Kier molecular flexibility index (Phi) is 3.79. The van der Waals surface area contributed by atoms with E-state index in [9.17, 15) is 4.79 Å². The molecule has 0 aliphatic heterocycles. The number of H-pyrrole nitrogens is 1. The first kappa shape index (κ1) is 12.4. The molecule has 1 aromatic heterocycles. The Labute approximate surface area is 106 Å². The predicted molar refractivity (Wildman–Crippen MR) is 69.4 cm³/mol. The topological polar surface area (TPSA) is 56.3 Å². The van der Waals surface area contributed by atoms with E-state index in [1.54, 1.807) is 12.1 Å². The largest absolute Gasteiger partial charge is 0.478 e. The summed E-state index contributed by atoms with van der Waals surface area (Å²) < 4.78 is 0. The number of benzene rings is 1. The van der Waals surface area contributed by atoms with Crippen molar-refractivity contribution in [3.63, 3.8) is 0 Å². The number of carbonyl (C=O) groups is 1. The molecule has 0 atom stereocenters. The van der Waals surface area contributed by atoms with E-state index in [0.29, 0.717) is 5.56 Å². The van der Waals surface area contributed by atoms with E-state index in [4.69, 9.17) is 5.11 Å². The predicted octanol–water partition coefficient (Wildman–Crippen LogP) is 2.34. The summed E-state index contributed by atoms with van der Waals surface area (Å²) >= 11 is 0. The molecule has 0 unspecified atom stereocenters. The molecule has 0 bridgehead atoms. The van der Waals surface area contributed by atoms with E-state index in [1.165, 1.54) is 5.56 Å². The average molecular weight is 244 g/mol. The smallest absolute Gasteiger partial charge is 0.335 e. The van der Waals surface area contributed by atoms with Crippen LogP contribution < -0.4 is 0 Å². The minimum Gasteiger partial charge on any atom is -0.478 e. The Morgan fingerprint density at radius 1 is 1.17 bits per heavy atom. The molecule has 0 saturated carbocycles. The fourth-order valence-electron chi connectivity index (χ4n) is 1.89. The molecule has 94 valence electrons. The molecule has 0 aliphatic rings. The van der Waals surface area contributed by atoms with Crippen LogP contribution in [0, 0.1) is 0 Å². The van der Waals surface area contributed by atoms with Crippen molar-refractivity contribution in [2.45, 2.75) is 13.1 Å². The molecule has 0 fully saturated rings. The van der Waals surface area contributed by atoms with Crippen LogP contribution in [0.3, 0.4) is 0 Å². The number of hydrogen-bond acceptors (Lipinski definition) is 2. The fraction of sp³-hybridized carbons (Fsp3) is 0.214. The van der Waals surface area contributed by atoms with E-state index in [2.05, 4.69) is 9.88 Å². The van der Waals surface area contributed by atoms with Crippen molar-refractivity contribution in [2.24, 2.45) is 0 Å². The number of carboxylic acid groups (broad SMARTS) is 1. The van der Waals surface area contributed by atoms with Gasteiger partial charge in [-0.15, -0.1) is 0 Å². The van der Waals surface area contributed by atoms with Crippen molar-refractivity contribution < 1.29 is 9.90 Å². The van der Waals surface area contributed by atoms with Gasteiger partial charge in [0.25, 0.3) is 0 Å². The second kappa shape index (κ2) is 5.51. The van der Waals surface area contributed by atoms with Crippen LogP contribution in [0.15, 0.2) is 42.7 Å². The summed E-state index contributed by atoms with van der Waals surface area (Å²) in [6, 6.07) is 9.04. The van der Waals surface area contributed by atoms with Crippen molar-refractivity contribution in [3.05, 3.63) is 59.4 Å². The third-order valence-electron chi connectivity index (χ3n) is 2.77. The molecule has 0 amide bonds. The van der Waals surface area contributed by atoms with Gasteiger partial charge in [-0.3, -0.25) is 4.90 Å². The zero-order valence-corrected chi connectivity index (χ0v) is 10.3. The number of nitrogens with one attached hydrogen (secondary N) is 1. The Balaban J connectivity index is 1.94. The van der Waals surface area contributed by atoms with Gasteiger partial charge in [0.2, 0.25) is 0 Å². The molecule has 1 heterocycles. The molecule has 4 heteroatoms. The molecule has 0 saturated heterocycles. The summed E-state index contributed by atoms with van der Waals surface area (Å²) in [5.74, 6) is -0.887. The fourth-order valence-corrected chi connectivity index (χ4v) is 1.89. The lowest BCUT2D eigenvalue weighted by atomic mass is 10.1. The standard InChI is InChI=1S/C14H16N2O2/c1-16(10-12-6-7-15-8-12)9-11-2-4-13(5-3-11)14(17)18/h2-8,15H,9-10H2,1H3,(H,17,18). The van der Waals surface area contributed by atoms with Crippen molar-refractivity contribution in [2.75, 3.05) is 7.05 Å². The normalized spacial score (nSPS) is 10.8. The highest BCUT2D eigenvalue weighted by Crippen LogP contribution is 2.09. The SMILES string of the molecule is CN(Cc1ccc(C(=O)O)cc1)Cc1cc[nH]c1. The van der Waals surface area contributed by atoms with Crippen LogP contribution in [0.2, 0.25) is 0 Å². The minimum absolute atomic E-state index is 0.326. The van der Waals surface area contributed by atoms with Crippen LogP contribution in [-0.4, -0.2) is 28.0 Å². The van der Waals surface area contributed by atoms with E-state index in [0.717, 1.165) is 18.7 Å². The van der Waals surface area contributed by atoms with Crippen LogP contribution >= 0.6 is 0 Å². The number of aromatic amines is 1. The first-order chi connectivity index (χ1) is 8.65. The van der Waals surface area contributed by atoms with Crippen molar-refractivity contribution in [1.29, 1.82) is 0 Å². The van der Waals surface area contributed by atoms with Crippen molar-refractivity contribution in [3.8, 4) is 0 Å². The van der Waals surface area contributed by atoms with Gasteiger partial charge in [0.05, 0.1) is 5.56 Å². The highest BCUT2D eigenvalue weighted by Gasteiger charge is 2.04. The third kappa shape index (κ3) is 3.21. The first-order valence-corrected chi connectivity index (χ1v) is 5.77. The average Bonchev–Trinajstić information content (AvgIpc) is 2.82. The summed E-state index contributed by atoms with van der Waals surface area (Å²) in [5, 5.41) is 8.81. The lowest BCUT2D eigenvalue weighted by Gasteiger charge is -2.15. The van der Waals surface area contributed by atoms with Gasteiger partial charge in [-0.2, -0.15) is 0 Å². The summed E-state index contributed by atoms with van der Waals surface area (Å²) in [7, 11) is 2.04. The van der Waals surface area contributed by atoms with Gasteiger partial charge in [-0.05, 0) is 36.4 Å². The van der Waals surface area contributed by atoms with Crippen LogP contribution in [-0.2, 0) is 13.1 Å². The lowest BCUT2D eigenvalue weighted by molar-refractivity contribution is 0.0697. The molecule has 1 aromatic carbocycles. The number of aromatic carboxylic acids is 1. The highest BCUT2D eigenvalue weighted by molar-refractivity contribution is 5.87. The van der Waals surface area contributed by atoms with E-state index >= 15 is 0 Å². The Morgan fingerprint density at radius 3 is 2.39 bits per heavy atom. The Bertz CT molecular complexity index is 503. The number of nitrogens with zero attached hydrogens (tertiary/aromatic N) is 1. The molecule has 2 aromatic rings. The van der Waals surface area contributed by atoms with Crippen LogP contribution in [0.4, 0.5) is 0 Å². The highest BCUT2D eigenvalue weighted by atomic mass is 16.4. The summed E-state index contributed by atoms with van der Waals surface area (Å²) in [6.45, 7) is 1.66. The molecule has 0 spiro atoms. The van der Waals surface area contributed by atoms with E-state index in [1.807, 2.05) is 37.6 Å². The molecule has 0 aliphatic carbocycles. The van der Waals surface area contributed by atoms with Crippen LogP contribution in [0.25, 0.3) is 0 Å². The maximum absolute atomic E-state index is 10.7. The summed E-state index contributed by atoms with van der Waals surface area (Å²) in [4.78, 5) is 15.9. The molecule has 2 N–H and O–H groups in total. The molecule has 18 heavy (non-hydrogen) atoms. The quantitative estimate of drug-likeness (QED) is 0.848. The van der Waals surface area contributed by atoms with Crippen molar-refractivity contribution >= 4 is 5.97 Å². The monoisotopic (exact) mass is 244 g/mol. The van der Waals surface area contributed by atoms with E-state index in [-0.39, 0.29) is 0 Å². The van der Waals surface area contributed by atoms with Crippen LogP contribution in [0.5, 0.6) is 0 Å². The second-order valence-corrected chi connectivity index (χ2v) is 4.39. The van der Waals surface area contributed by atoms with Gasteiger partial charge < -0.3 is 10.1 Å². The van der Waals surface area contributed by atoms with Gasteiger partial charge in [0, 0.05) is 25.5 Å². The zero-order valence-electron chi connectivity index (χ0n) is 10.3. The van der Waals surface area contributed by atoms with Gasteiger partial charge in [0.1, 0.15) is 0 Å². The molecular formula is C14H16N2O2. The number of rotatable bonds is 5. The van der Waals surface area contributed by atoms with E-state index < -0.39 is 5.97 Å². The lowest BCUT2D eigenvalue weighted by Crippen LogP contribution is -2.16. The first-order valence-electron chi connectivity index (χ1n) is 5.77. The number of carboxylic acids is 1. The second-order valence-electron chi connectivity index (χ2n) is 4.39. The van der Waals surface area contributed by atoms with Gasteiger partial charge in [0.15, 0.2) is 0 Å². The zero-order chi connectivity index (χ0) is 13.0. The van der Waals surface area contributed by atoms with Crippen LogP contribution in [0.1, 0.15) is 21.5 Å².